The summed E-state index contributed by atoms with van der Waals surface area (Å²) >= 11 is 2.86. The van der Waals surface area contributed by atoms with Crippen molar-refractivity contribution in [3.05, 3.63) is 148 Å². The van der Waals surface area contributed by atoms with E-state index in [1.165, 1.54) is 34.1 Å². The maximum absolute atomic E-state index is 15.4. The summed E-state index contributed by atoms with van der Waals surface area (Å²) in [5.41, 5.74) is 4.10. The maximum Gasteiger partial charge on any atom is 0.258 e. The summed E-state index contributed by atoms with van der Waals surface area (Å²) in [7, 11) is 0. The fourth-order valence-corrected chi connectivity index (χ4v) is 10.1. The molecule has 290 valence electrons. The zero-order chi connectivity index (χ0) is 39.7. The Morgan fingerprint density at radius 3 is 2.02 bits per heavy atom. The predicted octanol–water partition coefficient (Wildman–Crippen LogP) is 7.33. The molecule has 56 heavy (non-hydrogen) atoms. The third-order valence-electron chi connectivity index (χ3n) is 10.6. The first-order chi connectivity index (χ1) is 26.8. The summed E-state index contributed by atoms with van der Waals surface area (Å²) in [5, 5.41) is 16.4. The van der Waals surface area contributed by atoms with Crippen molar-refractivity contribution in [2.24, 2.45) is 0 Å². The largest absolute Gasteiger partial charge is 0.391 e. The number of benzene rings is 4. The number of thioether (sulfide) groups is 1. The van der Waals surface area contributed by atoms with Crippen molar-refractivity contribution in [2.75, 3.05) is 6.54 Å². The van der Waals surface area contributed by atoms with Gasteiger partial charge in [0.25, 0.3) is 5.91 Å². The standard InChI is InChI=1S/C44H44F2N4O4S2/c1-28-37(55-27-48-28)29-19-20-30(35(45)23-29)25-47-39(52)36-24-34(51)26-50(36)40(53)38(49-41(54)43(46)21-22-43)42(2,3)56-44(31-13-7-4-8-14-31,32-15-9-5-10-16-32)33-17-11-6-12-18-33/h4-20,23,27,34,36,38,51H,21-22,24-26H2,1-3H3,(H,47,52)(H,49,54)/t34-,36-,38-/m1/s1. The van der Waals surface area contributed by atoms with E-state index in [2.05, 4.69) is 15.6 Å². The zero-order valence-corrected chi connectivity index (χ0v) is 33.0. The van der Waals surface area contributed by atoms with Gasteiger partial charge in [0.2, 0.25) is 11.8 Å². The van der Waals surface area contributed by atoms with E-state index >= 15 is 8.78 Å². The molecule has 1 saturated heterocycles. The minimum absolute atomic E-state index is 0.0458. The number of carbonyl (C=O) groups is 3. The third kappa shape index (κ3) is 7.87. The first-order valence-electron chi connectivity index (χ1n) is 18.6. The molecule has 1 aliphatic carbocycles. The van der Waals surface area contributed by atoms with Crippen LogP contribution >= 0.6 is 23.1 Å². The number of nitrogens with zero attached hydrogens (tertiary/aromatic N) is 2. The summed E-state index contributed by atoms with van der Waals surface area (Å²) < 4.78 is 28.6. The Morgan fingerprint density at radius 1 is 0.946 bits per heavy atom. The Kier molecular flexibility index (Phi) is 11.2. The fraction of sp³-hybridized carbons (Fsp3) is 0.318. The van der Waals surface area contributed by atoms with E-state index in [1.54, 1.807) is 17.6 Å². The summed E-state index contributed by atoms with van der Waals surface area (Å²) in [5.74, 6) is -2.60. The average Bonchev–Trinajstić information content (AvgIpc) is 3.61. The fourth-order valence-electron chi connectivity index (χ4n) is 7.46. The van der Waals surface area contributed by atoms with Crippen LogP contribution in [0.15, 0.2) is 115 Å². The van der Waals surface area contributed by atoms with Crippen molar-refractivity contribution >= 4 is 40.8 Å². The number of thiazole rings is 1. The highest BCUT2D eigenvalue weighted by Gasteiger charge is 2.55. The molecule has 1 aromatic heterocycles. The second-order valence-electron chi connectivity index (χ2n) is 15.0. The molecular weight excluding hydrogens is 751 g/mol. The van der Waals surface area contributed by atoms with Crippen LogP contribution in [-0.4, -0.2) is 67.9 Å². The van der Waals surface area contributed by atoms with E-state index in [0.29, 0.717) is 5.56 Å². The highest BCUT2D eigenvalue weighted by molar-refractivity contribution is 8.02. The van der Waals surface area contributed by atoms with Crippen molar-refractivity contribution in [1.82, 2.24) is 20.5 Å². The van der Waals surface area contributed by atoms with Gasteiger partial charge in [-0.3, -0.25) is 14.4 Å². The van der Waals surface area contributed by atoms with Crippen LogP contribution in [0.3, 0.4) is 0 Å². The monoisotopic (exact) mass is 794 g/mol. The number of nitrogens with one attached hydrogen (secondary N) is 2. The lowest BCUT2D eigenvalue weighted by molar-refractivity contribution is -0.143. The first-order valence-corrected chi connectivity index (χ1v) is 20.3. The Labute approximate surface area is 333 Å². The molecule has 0 bridgehead atoms. The number of hydrogen-bond donors (Lipinski definition) is 3. The van der Waals surface area contributed by atoms with E-state index in [9.17, 15) is 19.5 Å². The van der Waals surface area contributed by atoms with E-state index < -0.39 is 56.9 Å². The number of likely N-dealkylation sites (tertiary alicyclic amines) is 1. The molecule has 8 nitrogen and oxygen atoms in total. The van der Waals surface area contributed by atoms with Crippen molar-refractivity contribution in [3.8, 4) is 10.4 Å². The van der Waals surface area contributed by atoms with Gasteiger partial charge in [0.05, 0.1) is 26.9 Å². The van der Waals surface area contributed by atoms with E-state index in [4.69, 9.17) is 0 Å². The number of aryl methyl sites for hydroxylation is 1. The molecule has 2 aliphatic rings. The number of rotatable bonds is 13. The van der Waals surface area contributed by atoms with Gasteiger partial charge in [-0.25, -0.2) is 13.8 Å². The molecule has 5 aromatic rings. The van der Waals surface area contributed by atoms with Gasteiger partial charge in [-0.2, -0.15) is 0 Å². The number of carbonyl (C=O) groups excluding carboxylic acids is 3. The minimum atomic E-state index is -2.09. The van der Waals surface area contributed by atoms with Gasteiger partial charge in [-0.15, -0.1) is 23.1 Å². The number of hydrogen-bond acceptors (Lipinski definition) is 7. The number of β-amino-alcohol motifs (C(OH)–C–C–N with tert-alkyl or cyclic N) is 1. The molecule has 3 N–H and O–H groups in total. The zero-order valence-electron chi connectivity index (χ0n) is 31.4. The number of aliphatic hydroxyl groups excluding tert-OH is 1. The summed E-state index contributed by atoms with van der Waals surface area (Å²) in [6, 6.07) is 31.9. The first kappa shape index (κ1) is 39.3. The molecule has 4 aromatic carbocycles. The average molecular weight is 795 g/mol. The molecule has 2 fully saturated rings. The molecule has 1 saturated carbocycles. The SMILES string of the molecule is Cc1ncsc1-c1ccc(CNC(=O)[C@H]2C[C@@H](O)CN2C(=O)[C@@H](NC(=O)C2(F)CC2)C(C)(C)SC(c2ccccc2)(c2ccccc2)c2ccccc2)c(F)c1. The van der Waals surface area contributed by atoms with Crippen LogP contribution in [-0.2, 0) is 25.7 Å². The Morgan fingerprint density at radius 2 is 1.52 bits per heavy atom. The maximum atomic E-state index is 15.4. The lowest BCUT2D eigenvalue weighted by Crippen LogP contribution is -2.61. The molecule has 1 aliphatic heterocycles. The van der Waals surface area contributed by atoms with Crippen LogP contribution < -0.4 is 10.6 Å². The van der Waals surface area contributed by atoms with Crippen LogP contribution in [0.25, 0.3) is 10.4 Å². The normalized spacial score (nSPS) is 18.3. The second kappa shape index (κ2) is 15.9. The molecular formula is C44H44F2N4O4S2. The van der Waals surface area contributed by atoms with Crippen molar-refractivity contribution in [3.63, 3.8) is 0 Å². The lowest BCUT2D eigenvalue weighted by atomic mass is 9.84. The van der Waals surface area contributed by atoms with Crippen molar-refractivity contribution in [1.29, 1.82) is 0 Å². The third-order valence-corrected chi connectivity index (χ3v) is 13.4. The van der Waals surface area contributed by atoms with Crippen LogP contribution in [0, 0.1) is 12.7 Å². The van der Waals surface area contributed by atoms with Gasteiger partial charge in [-0.05, 0) is 61.9 Å². The van der Waals surface area contributed by atoms with Crippen LogP contribution in [0.4, 0.5) is 8.78 Å². The van der Waals surface area contributed by atoms with E-state index in [1.807, 2.05) is 112 Å². The van der Waals surface area contributed by atoms with Crippen LogP contribution in [0.2, 0.25) is 0 Å². The Hall–Kier alpha value is -4.91. The predicted molar refractivity (Wildman–Crippen MR) is 216 cm³/mol. The molecule has 3 atom stereocenters. The van der Waals surface area contributed by atoms with Crippen LogP contribution in [0.5, 0.6) is 0 Å². The number of halogens is 2. The van der Waals surface area contributed by atoms with Crippen molar-refractivity contribution < 1.29 is 28.3 Å². The smallest absolute Gasteiger partial charge is 0.258 e. The number of amides is 3. The van der Waals surface area contributed by atoms with Gasteiger partial charge in [-0.1, -0.05) is 103 Å². The Balaban J connectivity index is 1.21. The van der Waals surface area contributed by atoms with Gasteiger partial charge >= 0.3 is 0 Å². The minimum Gasteiger partial charge on any atom is -0.391 e. The lowest BCUT2D eigenvalue weighted by Gasteiger charge is -2.45. The quantitative estimate of drug-likeness (QED) is 0.108. The topological polar surface area (TPSA) is 112 Å². The molecule has 3 amide bonds. The van der Waals surface area contributed by atoms with E-state index in [0.717, 1.165) is 27.3 Å². The summed E-state index contributed by atoms with van der Waals surface area (Å²) in [6.07, 6.45) is -1.00. The molecule has 12 heteroatoms. The van der Waals surface area contributed by atoms with Crippen LogP contribution in [0.1, 0.15) is 61.1 Å². The molecule has 2 heterocycles. The summed E-state index contributed by atoms with van der Waals surface area (Å²) in [4.78, 5) is 48.7. The number of alkyl halides is 1. The van der Waals surface area contributed by atoms with E-state index in [-0.39, 0.29) is 37.9 Å². The van der Waals surface area contributed by atoms with Gasteiger partial charge in [0, 0.05) is 29.8 Å². The molecule has 0 unspecified atom stereocenters. The Bertz CT molecular complexity index is 2100. The summed E-state index contributed by atoms with van der Waals surface area (Å²) in [6.45, 7) is 5.20. The number of aromatic nitrogens is 1. The van der Waals surface area contributed by atoms with Gasteiger partial charge in [0.15, 0.2) is 5.67 Å². The molecule has 0 radical (unpaired) electrons. The van der Waals surface area contributed by atoms with Gasteiger partial charge < -0.3 is 20.6 Å². The highest BCUT2D eigenvalue weighted by Crippen LogP contribution is 2.54. The highest BCUT2D eigenvalue weighted by atomic mass is 32.2. The van der Waals surface area contributed by atoms with Gasteiger partial charge in [0.1, 0.15) is 17.9 Å². The number of aliphatic hydroxyl groups is 1. The molecule has 0 spiro atoms. The van der Waals surface area contributed by atoms with Crippen molar-refractivity contribution in [2.45, 2.75) is 79.9 Å². The second-order valence-corrected chi connectivity index (χ2v) is 17.8. The molecule has 7 rings (SSSR count).